The number of benzene rings is 3. The average Bonchev–Trinajstić information content (AvgIpc) is 2.87. The summed E-state index contributed by atoms with van der Waals surface area (Å²) in [6, 6.07) is 22.4. The maximum atomic E-state index is 13.2. The summed E-state index contributed by atoms with van der Waals surface area (Å²) in [7, 11) is 0. The van der Waals surface area contributed by atoms with Crippen molar-refractivity contribution in [3.8, 4) is 11.8 Å². The van der Waals surface area contributed by atoms with Crippen LogP contribution in [0.4, 0.5) is 0 Å². The molecule has 4 rings (SSSR count). The fourth-order valence-electron chi connectivity index (χ4n) is 3.47. The van der Waals surface area contributed by atoms with E-state index in [1.54, 1.807) is 18.3 Å². The number of aromatic nitrogens is 2. The quantitative estimate of drug-likeness (QED) is 0.283. The van der Waals surface area contributed by atoms with E-state index in [1.807, 2.05) is 61.5 Å². The molecular formula is C27H23BrN4O2. The van der Waals surface area contributed by atoms with Gasteiger partial charge in [0.25, 0.3) is 5.56 Å². The molecule has 0 unspecified atom stereocenters. The van der Waals surface area contributed by atoms with E-state index in [2.05, 4.69) is 34.0 Å². The number of rotatable bonds is 7. The van der Waals surface area contributed by atoms with Crippen LogP contribution < -0.4 is 10.3 Å². The molecule has 0 amide bonds. The Kier molecular flexibility index (Phi) is 7.19. The van der Waals surface area contributed by atoms with Crippen molar-refractivity contribution in [2.45, 2.75) is 32.8 Å². The Morgan fingerprint density at radius 2 is 1.94 bits per heavy atom. The summed E-state index contributed by atoms with van der Waals surface area (Å²) >= 11 is 3.43. The van der Waals surface area contributed by atoms with Gasteiger partial charge in [0.2, 0.25) is 0 Å². The fourth-order valence-corrected chi connectivity index (χ4v) is 3.83. The molecule has 4 aromatic rings. The first-order valence-corrected chi connectivity index (χ1v) is 11.8. The second-order valence-electron chi connectivity index (χ2n) is 7.93. The van der Waals surface area contributed by atoms with Crippen molar-refractivity contribution in [1.82, 2.24) is 9.66 Å². The van der Waals surface area contributed by atoms with Crippen molar-refractivity contribution in [3.63, 3.8) is 0 Å². The van der Waals surface area contributed by atoms with Gasteiger partial charge in [-0.3, -0.25) is 4.79 Å². The van der Waals surface area contributed by atoms with Gasteiger partial charge in [0, 0.05) is 16.0 Å². The first-order chi connectivity index (χ1) is 16.5. The summed E-state index contributed by atoms with van der Waals surface area (Å²) in [5.74, 6) is 1.39. The zero-order chi connectivity index (χ0) is 24.1. The van der Waals surface area contributed by atoms with Crippen LogP contribution in [-0.4, -0.2) is 15.9 Å². The van der Waals surface area contributed by atoms with Crippen molar-refractivity contribution in [2.24, 2.45) is 5.10 Å². The third-order valence-corrected chi connectivity index (χ3v) is 6.11. The van der Waals surface area contributed by atoms with Gasteiger partial charge in [0.15, 0.2) is 0 Å². The van der Waals surface area contributed by atoms with Gasteiger partial charge in [0.1, 0.15) is 18.2 Å². The summed E-state index contributed by atoms with van der Waals surface area (Å²) in [5.41, 5.74) is 2.72. The maximum absolute atomic E-state index is 13.2. The van der Waals surface area contributed by atoms with Gasteiger partial charge >= 0.3 is 0 Å². The van der Waals surface area contributed by atoms with E-state index in [0.717, 1.165) is 22.0 Å². The minimum atomic E-state index is -0.200. The molecule has 1 atom stereocenters. The van der Waals surface area contributed by atoms with Crippen LogP contribution in [-0.2, 0) is 6.61 Å². The van der Waals surface area contributed by atoms with Crippen molar-refractivity contribution in [2.75, 3.05) is 0 Å². The van der Waals surface area contributed by atoms with Crippen molar-refractivity contribution >= 4 is 33.0 Å². The van der Waals surface area contributed by atoms with Crippen LogP contribution in [0.3, 0.4) is 0 Å². The highest BCUT2D eigenvalue weighted by Crippen LogP contribution is 2.21. The number of fused-ring (bicyclic) bond motifs is 1. The lowest BCUT2D eigenvalue weighted by Gasteiger charge is -2.14. The van der Waals surface area contributed by atoms with Crippen molar-refractivity contribution < 1.29 is 4.74 Å². The summed E-state index contributed by atoms with van der Waals surface area (Å²) in [5, 5.41) is 14.2. The number of ether oxygens (including phenoxy) is 1. The van der Waals surface area contributed by atoms with Gasteiger partial charge in [-0.1, -0.05) is 48.0 Å². The summed E-state index contributed by atoms with van der Waals surface area (Å²) in [6.07, 6.45) is 2.48. The van der Waals surface area contributed by atoms with E-state index in [4.69, 9.17) is 9.72 Å². The van der Waals surface area contributed by atoms with Crippen LogP contribution >= 0.6 is 15.9 Å². The van der Waals surface area contributed by atoms with Gasteiger partial charge in [-0.05, 0) is 60.5 Å². The molecular weight excluding hydrogens is 492 g/mol. The Hall–Kier alpha value is -3.76. The highest BCUT2D eigenvalue weighted by Gasteiger charge is 2.15. The number of nitrogens with zero attached hydrogens (tertiary/aromatic N) is 4. The molecule has 0 aliphatic carbocycles. The molecule has 1 heterocycles. The largest absolute Gasteiger partial charge is 0.489 e. The Morgan fingerprint density at radius 3 is 2.68 bits per heavy atom. The zero-order valence-corrected chi connectivity index (χ0v) is 20.5. The van der Waals surface area contributed by atoms with E-state index < -0.39 is 0 Å². The van der Waals surface area contributed by atoms with Gasteiger partial charge in [-0.25, -0.2) is 4.98 Å². The van der Waals surface area contributed by atoms with E-state index >= 15 is 0 Å². The second kappa shape index (κ2) is 10.4. The molecule has 0 saturated heterocycles. The predicted molar refractivity (Wildman–Crippen MR) is 137 cm³/mol. The summed E-state index contributed by atoms with van der Waals surface area (Å²) in [4.78, 5) is 17.9. The van der Waals surface area contributed by atoms with Gasteiger partial charge in [-0.15, -0.1) is 0 Å². The first-order valence-electron chi connectivity index (χ1n) is 11.0. The van der Waals surface area contributed by atoms with Crippen molar-refractivity contribution in [3.05, 3.63) is 104 Å². The van der Waals surface area contributed by atoms with Crippen LogP contribution in [0.1, 0.15) is 48.7 Å². The highest BCUT2D eigenvalue weighted by atomic mass is 79.9. The number of hydrogen-bond donors (Lipinski definition) is 0. The molecule has 3 aromatic carbocycles. The summed E-state index contributed by atoms with van der Waals surface area (Å²) in [6.45, 7) is 4.41. The first kappa shape index (κ1) is 23.4. The Morgan fingerprint density at radius 1 is 1.18 bits per heavy atom. The van der Waals surface area contributed by atoms with Gasteiger partial charge in [0.05, 0.1) is 28.8 Å². The highest BCUT2D eigenvalue weighted by molar-refractivity contribution is 9.10. The molecule has 0 aliphatic rings. The van der Waals surface area contributed by atoms with Crippen molar-refractivity contribution in [1.29, 1.82) is 5.26 Å². The molecule has 7 heteroatoms. The van der Waals surface area contributed by atoms with E-state index in [9.17, 15) is 10.1 Å². The summed E-state index contributed by atoms with van der Waals surface area (Å²) < 4.78 is 8.04. The third-order valence-electron chi connectivity index (χ3n) is 5.62. The van der Waals surface area contributed by atoms with Crippen LogP contribution in [0.5, 0.6) is 5.75 Å². The Labute approximate surface area is 206 Å². The molecule has 0 saturated carbocycles. The van der Waals surface area contributed by atoms with Gasteiger partial charge in [-0.2, -0.15) is 15.0 Å². The number of hydrogen-bond acceptors (Lipinski definition) is 5. The van der Waals surface area contributed by atoms with E-state index in [0.29, 0.717) is 34.6 Å². The van der Waals surface area contributed by atoms with Crippen LogP contribution in [0, 0.1) is 11.3 Å². The average molecular weight is 515 g/mol. The molecule has 0 radical (unpaired) electrons. The van der Waals surface area contributed by atoms with E-state index in [-0.39, 0.29) is 11.5 Å². The normalized spacial score (nSPS) is 12.1. The Bertz CT molecular complexity index is 1450. The molecule has 1 aromatic heterocycles. The molecule has 0 N–H and O–H groups in total. The van der Waals surface area contributed by atoms with Crippen LogP contribution in [0.25, 0.3) is 10.9 Å². The minimum Gasteiger partial charge on any atom is -0.489 e. The lowest BCUT2D eigenvalue weighted by Crippen LogP contribution is -2.23. The van der Waals surface area contributed by atoms with Crippen LogP contribution in [0.15, 0.2) is 81.1 Å². The Balaban J connectivity index is 1.58. The molecule has 0 aliphatic heterocycles. The molecule has 0 fully saturated rings. The molecule has 170 valence electrons. The SMILES string of the molecule is CC[C@@H](C)c1nc2ccc(Br)cc2c(=O)n1N=Cc1ccc(OCc2ccccc2C#N)cc1. The topological polar surface area (TPSA) is 80.3 Å². The maximum Gasteiger partial charge on any atom is 0.282 e. The fraction of sp³-hybridized carbons (Fsp3) is 0.185. The van der Waals surface area contributed by atoms with E-state index in [1.165, 1.54) is 4.68 Å². The third kappa shape index (κ3) is 5.08. The molecule has 0 spiro atoms. The smallest absolute Gasteiger partial charge is 0.282 e. The number of nitriles is 1. The lowest BCUT2D eigenvalue weighted by molar-refractivity contribution is 0.306. The molecule has 0 bridgehead atoms. The monoisotopic (exact) mass is 514 g/mol. The minimum absolute atomic E-state index is 0.0740. The second-order valence-corrected chi connectivity index (χ2v) is 8.84. The lowest BCUT2D eigenvalue weighted by atomic mass is 10.1. The predicted octanol–water partition coefficient (Wildman–Crippen LogP) is 6.01. The zero-order valence-electron chi connectivity index (χ0n) is 18.9. The van der Waals surface area contributed by atoms with Gasteiger partial charge < -0.3 is 4.74 Å². The molecule has 6 nitrogen and oxygen atoms in total. The molecule has 34 heavy (non-hydrogen) atoms. The standard InChI is InChI=1S/C27H23BrN4O2/c1-3-18(2)26-31-25-13-10-22(28)14-24(25)27(33)32(26)30-16-19-8-11-23(12-9-19)34-17-21-7-5-4-6-20(21)15-29/h4-14,16,18H,3,17H2,1-2H3/t18-/m1/s1. The number of halogens is 1. The van der Waals surface area contributed by atoms with Crippen LogP contribution in [0.2, 0.25) is 0 Å².